The highest BCUT2D eigenvalue weighted by Gasteiger charge is 2.16. The molecule has 0 amide bonds. The Bertz CT molecular complexity index is 2540. The van der Waals surface area contributed by atoms with Crippen LogP contribution < -0.4 is 0 Å². The molecule has 0 unspecified atom stereocenters. The second-order valence-corrected chi connectivity index (χ2v) is 11.6. The highest BCUT2D eigenvalue weighted by atomic mass is 16.3. The Morgan fingerprint density at radius 2 is 0.809 bits per heavy atom. The second-order valence-electron chi connectivity index (χ2n) is 11.6. The lowest BCUT2D eigenvalue weighted by atomic mass is 9.96. The van der Waals surface area contributed by atoms with E-state index in [4.69, 9.17) is 19.4 Å². The van der Waals surface area contributed by atoms with Gasteiger partial charge in [0.25, 0.3) is 0 Å². The molecule has 0 fully saturated rings. The molecule has 9 aromatic rings. The summed E-state index contributed by atoms with van der Waals surface area (Å²) in [5.41, 5.74) is 9.13. The lowest BCUT2D eigenvalue weighted by Gasteiger charge is -2.10. The summed E-state index contributed by atoms with van der Waals surface area (Å²) in [6.07, 6.45) is 0. The number of nitrogens with zero attached hydrogens (tertiary/aromatic N) is 3. The largest absolute Gasteiger partial charge is 0.456 e. The SMILES string of the molecule is c1ccc(-c2ccc(-c3nc(-c4ccccc4)nc(-c4ccc(-c5cccc6oc7ccc8ccccc8c7c56)cc4)n3)cc2)cc1. The van der Waals surface area contributed by atoms with Gasteiger partial charge in [-0.15, -0.1) is 0 Å². The van der Waals surface area contributed by atoms with Gasteiger partial charge in [0.1, 0.15) is 11.2 Å². The molecule has 0 atom stereocenters. The third kappa shape index (κ3) is 4.84. The molecule has 0 saturated heterocycles. The van der Waals surface area contributed by atoms with Crippen LogP contribution in [-0.2, 0) is 0 Å². The number of furan rings is 1. The molecule has 2 aromatic heterocycles. The Balaban J connectivity index is 1.14. The number of aromatic nitrogens is 3. The van der Waals surface area contributed by atoms with Gasteiger partial charge >= 0.3 is 0 Å². The van der Waals surface area contributed by atoms with Crippen molar-refractivity contribution in [1.82, 2.24) is 15.0 Å². The molecule has 0 N–H and O–H groups in total. The highest BCUT2D eigenvalue weighted by molar-refractivity contribution is 6.22. The molecule has 47 heavy (non-hydrogen) atoms. The molecule has 4 heteroatoms. The normalized spacial score (nSPS) is 11.4. The third-order valence-electron chi connectivity index (χ3n) is 8.76. The van der Waals surface area contributed by atoms with E-state index >= 15 is 0 Å². The van der Waals surface area contributed by atoms with Crippen molar-refractivity contribution in [2.45, 2.75) is 0 Å². The lowest BCUT2D eigenvalue weighted by molar-refractivity contribution is 0.669. The molecule has 0 spiro atoms. The molecule has 0 bridgehead atoms. The van der Waals surface area contributed by atoms with E-state index in [0.717, 1.165) is 55.3 Å². The Kier molecular flexibility index (Phi) is 6.43. The van der Waals surface area contributed by atoms with Crippen LogP contribution in [0.2, 0.25) is 0 Å². The van der Waals surface area contributed by atoms with Crippen LogP contribution in [0.25, 0.3) is 89.1 Å². The molecule has 0 aliphatic carbocycles. The third-order valence-corrected chi connectivity index (χ3v) is 8.76. The number of rotatable bonds is 5. The average Bonchev–Trinajstić information content (AvgIpc) is 3.55. The van der Waals surface area contributed by atoms with E-state index < -0.39 is 0 Å². The van der Waals surface area contributed by atoms with Crippen molar-refractivity contribution in [1.29, 1.82) is 0 Å². The zero-order valence-electron chi connectivity index (χ0n) is 25.3. The number of hydrogen-bond acceptors (Lipinski definition) is 4. The van der Waals surface area contributed by atoms with E-state index in [1.165, 1.54) is 16.3 Å². The summed E-state index contributed by atoms with van der Waals surface area (Å²) in [7, 11) is 0. The van der Waals surface area contributed by atoms with E-state index in [2.05, 4.69) is 121 Å². The fraction of sp³-hybridized carbons (Fsp3) is 0. The van der Waals surface area contributed by atoms with Gasteiger partial charge < -0.3 is 4.42 Å². The van der Waals surface area contributed by atoms with Crippen molar-refractivity contribution in [3.05, 3.63) is 164 Å². The Labute approximate surface area is 271 Å². The van der Waals surface area contributed by atoms with E-state index in [-0.39, 0.29) is 0 Å². The van der Waals surface area contributed by atoms with Crippen LogP contribution in [0.4, 0.5) is 0 Å². The molecule has 2 heterocycles. The minimum atomic E-state index is 0.630. The summed E-state index contributed by atoms with van der Waals surface area (Å²) in [6, 6.07) is 56.3. The summed E-state index contributed by atoms with van der Waals surface area (Å²) in [5, 5.41) is 4.66. The van der Waals surface area contributed by atoms with Gasteiger partial charge in [0.2, 0.25) is 0 Å². The number of benzene rings is 7. The summed E-state index contributed by atoms with van der Waals surface area (Å²) in [4.78, 5) is 14.8. The topological polar surface area (TPSA) is 51.8 Å². The van der Waals surface area contributed by atoms with Crippen LogP contribution in [0.15, 0.2) is 168 Å². The molecule has 4 nitrogen and oxygen atoms in total. The summed E-state index contributed by atoms with van der Waals surface area (Å²) >= 11 is 0. The number of hydrogen-bond donors (Lipinski definition) is 0. The van der Waals surface area contributed by atoms with Crippen molar-refractivity contribution in [2.75, 3.05) is 0 Å². The Morgan fingerprint density at radius 1 is 0.319 bits per heavy atom. The van der Waals surface area contributed by atoms with Gasteiger partial charge in [-0.3, -0.25) is 0 Å². The van der Waals surface area contributed by atoms with Gasteiger partial charge in [-0.25, -0.2) is 15.0 Å². The van der Waals surface area contributed by atoms with Crippen LogP contribution in [0.3, 0.4) is 0 Å². The minimum absolute atomic E-state index is 0.630. The molecule has 0 aliphatic rings. The Hall–Kier alpha value is -6.39. The molecular weight excluding hydrogens is 574 g/mol. The van der Waals surface area contributed by atoms with Crippen molar-refractivity contribution in [3.8, 4) is 56.4 Å². The van der Waals surface area contributed by atoms with Crippen LogP contribution in [0.1, 0.15) is 0 Å². The van der Waals surface area contributed by atoms with Gasteiger partial charge in [0.05, 0.1) is 0 Å². The average molecular weight is 602 g/mol. The standard InChI is InChI=1S/C43H27N3O/c1-3-10-28(11-4-1)29-18-22-33(23-19-29)42-44-41(32-13-5-2-6-14-32)45-43(46-42)34-24-20-31(21-25-34)36-16-9-17-37-39(36)40-35-15-8-7-12-30(35)26-27-38(40)47-37/h1-27H. The first kappa shape index (κ1) is 27.0. The van der Waals surface area contributed by atoms with Gasteiger partial charge in [-0.05, 0) is 45.2 Å². The van der Waals surface area contributed by atoms with Gasteiger partial charge in [0, 0.05) is 27.5 Å². The molecule has 0 radical (unpaired) electrons. The predicted molar refractivity (Wildman–Crippen MR) is 192 cm³/mol. The van der Waals surface area contributed by atoms with E-state index in [1.54, 1.807) is 0 Å². The van der Waals surface area contributed by atoms with E-state index in [1.807, 2.05) is 42.5 Å². The monoisotopic (exact) mass is 601 g/mol. The maximum atomic E-state index is 6.33. The zero-order chi connectivity index (χ0) is 31.2. The van der Waals surface area contributed by atoms with E-state index in [0.29, 0.717) is 17.5 Å². The Morgan fingerprint density at radius 3 is 1.47 bits per heavy atom. The van der Waals surface area contributed by atoms with Crippen LogP contribution >= 0.6 is 0 Å². The summed E-state index contributed by atoms with van der Waals surface area (Å²) < 4.78 is 6.33. The summed E-state index contributed by atoms with van der Waals surface area (Å²) in [6.45, 7) is 0. The first-order chi connectivity index (χ1) is 23.3. The van der Waals surface area contributed by atoms with Crippen molar-refractivity contribution in [3.63, 3.8) is 0 Å². The fourth-order valence-corrected chi connectivity index (χ4v) is 6.42. The van der Waals surface area contributed by atoms with Gasteiger partial charge in [-0.1, -0.05) is 152 Å². The minimum Gasteiger partial charge on any atom is -0.456 e. The van der Waals surface area contributed by atoms with Crippen molar-refractivity contribution < 1.29 is 4.42 Å². The predicted octanol–water partition coefficient (Wildman–Crippen LogP) is 11.3. The summed E-state index contributed by atoms with van der Waals surface area (Å²) in [5.74, 6) is 1.91. The molecule has 0 aliphatic heterocycles. The molecular formula is C43H27N3O. The van der Waals surface area contributed by atoms with Gasteiger partial charge in [-0.2, -0.15) is 0 Å². The second kappa shape index (κ2) is 11.2. The maximum Gasteiger partial charge on any atom is 0.164 e. The molecule has 0 saturated carbocycles. The van der Waals surface area contributed by atoms with Crippen LogP contribution in [0.5, 0.6) is 0 Å². The fourth-order valence-electron chi connectivity index (χ4n) is 6.42. The van der Waals surface area contributed by atoms with Gasteiger partial charge in [0.15, 0.2) is 17.5 Å². The van der Waals surface area contributed by atoms with Crippen molar-refractivity contribution >= 4 is 32.7 Å². The molecule has 7 aromatic carbocycles. The quantitative estimate of drug-likeness (QED) is 0.197. The van der Waals surface area contributed by atoms with E-state index in [9.17, 15) is 0 Å². The first-order valence-electron chi connectivity index (χ1n) is 15.7. The molecule has 9 rings (SSSR count). The smallest absolute Gasteiger partial charge is 0.164 e. The van der Waals surface area contributed by atoms with Crippen LogP contribution in [-0.4, -0.2) is 15.0 Å². The lowest BCUT2D eigenvalue weighted by Crippen LogP contribution is -2.00. The number of fused-ring (bicyclic) bond motifs is 5. The first-order valence-corrected chi connectivity index (χ1v) is 15.7. The highest BCUT2D eigenvalue weighted by Crippen LogP contribution is 2.40. The maximum absolute atomic E-state index is 6.33. The molecule has 220 valence electrons. The van der Waals surface area contributed by atoms with Crippen LogP contribution in [0, 0.1) is 0 Å². The zero-order valence-corrected chi connectivity index (χ0v) is 25.3. The van der Waals surface area contributed by atoms with Crippen molar-refractivity contribution in [2.24, 2.45) is 0 Å².